The predicted molar refractivity (Wildman–Crippen MR) is 149 cm³/mol. The van der Waals surface area contributed by atoms with Crippen LogP contribution in [0.2, 0.25) is 0 Å². The molecule has 160 valence electrons. The molecule has 1 heterocycles. The third-order valence-corrected chi connectivity index (χ3v) is 12.5. The molecule has 6 aromatic rings. The van der Waals surface area contributed by atoms with Gasteiger partial charge in [-0.3, -0.25) is 0 Å². The number of hydrogen-bond acceptors (Lipinski definition) is 0. The molecule has 1 unspecified atom stereocenters. The van der Waals surface area contributed by atoms with Crippen LogP contribution in [0.1, 0.15) is 5.56 Å². The number of hydrogen-bond donors (Lipinski definition) is 0. The van der Waals surface area contributed by atoms with Crippen molar-refractivity contribution in [2.75, 3.05) is 0 Å². The summed E-state index contributed by atoms with van der Waals surface area (Å²) in [4.78, 5) is 0. The molecule has 1 aliphatic heterocycles. The maximum Gasteiger partial charge on any atom is 0.181 e. The van der Waals surface area contributed by atoms with E-state index in [4.69, 9.17) is 0 Å². The molecule has 0 saturated heterocycles. The monoisotopic (exact) mass is 448 g/mol. The zero-order valence-electron chi connectivity index (χ0n) is 19.1. The van der Waals surface area contributed by atoms with Gasteiger partial charge in [0.25, 0.3) is 0 Å². The van der Waals surface area contributed by atoms with Gasteiger partial charge < -0.3 is 0 Å². The average molecular weight is 449 g/mol. The number of aryl methyl sites for hydroxylation is 1. The molecule has 0 bridgehead atoms. The van der Waals surface area contributed by atoms with Crippen molar-refractivity contribution in [1.82, 2.24) is 0 Å². The van der Waals surface area contributed by atoms with Gasteiger partial charge in [-0.05, 0) is 72.5 Å². The fourth-order valence-corrected chi connectivity index (χ4v) is 11.5. The molecule has 0 nitrogen and oxygen atoms in total. The molecule has 6 aromatic carbocycles. The van der Waals surface area contributed by atoms with Gasteiger partial charge in [-0.1, -0.05) is 121 Å². The highest BCUT2D eigenvalue weighted by molar-refractivity contribution is 7.23. The molecule has 0 spiro atoms. The topological polar surface area (TPSA) is 0 Å². The van der Waals surface area contributed by atoms with E-state index in [0.717, 1.165) is 0 Å². The molecular weight excluding hydrogens is 424 g/mol. The van der Waals surface area contributed by atoms with Crippen LogP contribution >= 0.6 is 0 Å². The van der Waals surface area contributed by atoms with Gasteiger partial charge in [0, 0.05) is 0 Å². The number of rotatable bonds is 2. The van der Waals surface area contributed by atoms with E-state index >= 15 is 0 Å². The molecule has 0 N–H and O–H groups in total. The second-order valence-electron chi connectivity index (χ2n) is 9.44. The molecule has 7 rings (SSSR count). The van der Waals surface area contributed by atoms with Crippen LogP contribution in [-0.4, -0.2) is 8.07 Å². The summed E-state index contributed by atoms with van der Waals surface area (Å²) in [6, 6.07) is 48.0. The standard InChI is InChI=1S/C33H24Si/c1-23-15-18-28(19-16-23)34(27-11-3-2-4-12-27)32-14-8-7-13-29(32)30-20-17-26-21-24-9-5-6-10-25(24)22-31(26)33(30)34/h2-22H,1H3. The van der Waals surface area contributed by atoms with Gasteiger partial charge in [-0.25, -0.2) is 0 Å². The van der Waals surface area contributed by atoms with E-state index in [2.05, 4.69) is 134 Å². The van der Waals surface area contributed by atoms with E-state index in [1.807, 2.05) is 0 Å². The Morgan fingerprint density at radius 3 is 1.91 bits per heavy atom. The summed E-state index contributed by atoms with van der Waals surface area (Å²) in [5.41, 5.74) is 4.09. The first-order valence-electron chi connectivity index (χ1n) is 12.0. The normalized spacial score (nSPS) is 16.5. The lowest BCUT2D eigenvalue weighted by Gasteiger charge is -2.32. The van der Waals surface area contributed by atoms with Crippen molar-refractivity contribution < 1.29 is 0 Å². The zero-order chi connectivity index (χ0) is 22.7. The van der Waals surface area contributed by atoms with Crippen LogP contribution in [-0.2, 0) is 0 Å². The molecule has 0 fully saturated rings. The van der Waals surface area contributed by atoms with Gasteiger partial charge >= 0.3 is 0 Å². The van der Waals surface area contributed by atoms with E-state index in [0.29, 0.717) is 0 Å². The highest BCUT2D eigenvalue weighted by Gasteiger charge is 2.49. The second kappa shape index (κ2) is 7.28. The van der Waals surface area contributed by atoms with Crippen molar-refractivity contribution in [3.8, 4) is 11.1 Å². The minimum absolute atomic E-state index is 1.30. The van der Waals surface area contributed by atoms with Crippen molar-refractivity contribution in [2.45, 2.75) is 6.92 Å². The third-order valence-electron chi connectivity index (χ3n) is 7.57. The second-order valence-corrected chi connectivity index (χ2v) is 13.1. The number of benzene rings is 6. The summed E-state index contributed by atoms with van der Waals surface area (Å²) < 4.78 is 0. The quantitative estimate of drug-likeness (QED) is 0.236. The van der Waals surface area contributed by atoms with Crippen LogP contribution in [0.15, 0.2) is 127 Å². The Kier molecular flexibility index (Phi) is 4.18. The molecule has 0 amide bonds. The largest absolute Gasteiger partial charge is 0.181 e. The molecule has 0 saturated carbocycles. The van der Waals surface area contributed by atoms with Crippen LogP contribution in [0, 0.1) is 6.92 Å². The average Bonchev–Trinajstić information content (AvgIpc) is 3.20. The lowest BCUT2D eigenvalue weighted by molar-refractivity contribution is 1.49. The van der Waals surface area contributed by atoms with Gasteiger partial charge in [0.2, 0.25) is 0 Å². The maximum atomic E-state index is 2.44. The Hall–Kier alpha value is -3.94. The number of fused-ring (bicyclic) bond motifs is 6. The Balaban J connectivity index is 1.72. The third kappa shape index (κ3) is 2.59. The molecule has 34 heavy (non-hydrogen) atoms. The van der Waals surface area contributed by atoms with E-state index in [-0.39, 0.29) is 0 Å². The van der Waals surface area contributed by atoms with Gasteiger partial charge in [0.05, 0.1) is 0 Å². The Morgan fingerprint density at radius 1 is 0.471 bits per heavy atom. The van der Waals surface area contributed by atoms with Crippen molar-refractivity contribution in [3.63, 3.8) is 0 Å². The first kappa shape index (κ1) is 19.5. The van der Waals surface area contributed by atoms with Crippen LogP contribution in [0.3, 0.4) is 0 Å². The van der Waals surface area contributed by atoms with E-state index < -0.39 is 8.07 Å². The summed E-state index contributed by atoms with van der Waals surface area (Å²) in [7, 11) is -2.50. The molecule has 1 aliphatic rings. The van der Waals surface area contributed by atoms with Crippen LogP contribution in [0.25, 0.3) is 32.7 Å². The van der Waals surface area contributed by atoms with Crippen molar-refractivity contribution in [3.05, 3.63) is 133 Å². The molecular formula is C33H24Si. The zero-order valence-corrected chi connectivity index (χ0v) is 20.1. The lowest BCUT2D eigenvalue weighted by atomic mass is 9.98. The van der Waals surface area contributed by atoms with Crippen molar-refractivity contribution in [1.29, 1.82) is 0 Å². The van der Waals surface area contributed by atoms with Gasteiger partial charge in [-0.15, -0.1) is 0 Å². The van der Waals surface area contributed by atoms with Crippen LogP contribution in [0.4, 0.5) is 0 Å². The van der Waals surface area contributed by atoms with Crippen LogP contribution < -0.4 is 20.7 Å². The maximum absolute atomic E-state index is 2.50. The molecule has 0 radical (unpaired) electrons. The van der Waals surface area contributed by atoms with E-state index in [1.165, 1.54) is 59.0 Å². The smallest absolute Gasteiger partial charge is 0.0623 e. The molecule has 1 heteroatoms. The minimum atomic E-state index is -2.50. The summed E-state index contributed by atoms with van der Waals surface area (Å²) in [6.45, 7) is 2.18. The van der Waals surface area contributed by atoms with E-state index in [1.54, 1.807) is 0 Å². The summed E-state index contributed by atoms with van der Waals surface area (Å²) in [5.74, 6) is 0. The fraction of sp³-hybridized carbons (Fsp3) is 0.0303. The van der Waals surface area contributed by atoms with Crippen molar-refractivity contribution in [2.24, 2.45) is 0 Å². The Morgan fingerprint density at radius 2 is 1.12 bits per heavy atom. The molecule has 0 aromatic heterocycles. The highest BCUT2D eigenvalue weighted by Crippen LogP contribution is 2.34. The fourth-order valence-electron chi connectivity index (χ4n) is 6.08. The van der Waals surface area contributed by atoms with Gasteiger partial charge in [-0.2, -0.15) is 0 Å². The summed E-state index contributed by atoms with van der Waals surface area (Å²) in [6.07, 6.45) is 0. The minimum Gasteiger partial charge on any atom is -0.0623 e. The molecule has 0 aliphatic carbocycles. The van der Waals surface area contributed by atoms with Crippen molar-refractivity contribution >= 4 is 50.4 Å². The Labute approximate surface area is 201 Å². The van der Waals surface area contributed by atoms with Gasteiger partial charge in [0.1, 0.15) is 0 Å². The highest BCUT2D eigenvalue weighted by atomic mass is 28.3. The first-order valence-corrected chi connectivity index (χ1v) is 14.0. The Bertz CT molecular complexity index is 1700. The first-order chi connectivity index (χ1) is 16.8. The van der Waals surface area contributed by atoms with E-state index in [9.17, 15) is 0 Å². The predicted octanol–water partition coefficient (Wildman–Crippen LogP) is 5.66. The van der Waals surface area contributed by atoms with Crippen LogP contribution in [0.5, 0.6) is 0 Å². The van der Waals surface area contributed by atoms with Gasteiger partial charge in [0.15, 0.2) is 8.07 Å². The summed E-state index contributed by atoms with van der Waals surface area (Å²) in [5, 5.41) is 11.3. The summed E-state index contributed by atoms with van der Waals surface area (Å²) >= 11 is 0. The SMILES string of the molecule is Cc1ccc([Si]2(c3ccccc3)c3ccccc3-c3ccc4cc5ccccc5cc4c32)cc1. The molecule has 1 atom stereocenters. The lowest BCUT2D eigenvalue weighted by Crippen LogP contribution is -2.73.